The van der Waals surface area contributed by atoms with E-state index in [0.717, 1.165) is 6.42 Å². The summed E-state index contributed by atoms with van der Waals surface area (Å²) >= 11 is 0. The molecule has 0 bridgehead atoms. The van der Waals surface area contributed by atoms with Crippen LogP contribution in [0.25, 0.3) is 0 Å². The lowest BCUT2D eigenvalue weighted by Gasteiger charge is -2.46. The van der Waals surface area contributed by atoms with Crippen LogP contribution in [0.4, 0.5) is 0 Å². The molecule has 0 aromatic heterocycles. The summed E-state index contributed by atoms with van der Waals surface area (Å²) in [4.78, 5) is 53.2. The van der Waals surface area contributed by atoms with Crippen LogP contribution in [-0.2, 0) is 52.3 Å². The third-order valence-corrected chi connectivity index (χ3v) is 12.6. The van der Waals surface area contributed by atoms with Crippen molar-refractivity contribution in [3.8, 4) is 0 Å². The molecule has 12 nitrogen and oxygen atoms in total. The summed E-state index contributed by atoms with van der Waals surface area (Å²) in [5.74, 6) is -1.67. The van der Waals surface area contributed by atoms with Gasteiger partial charge in [-0.15, -0.1) is 0 Å². The average Bonchev–Trinajstić information content (AvgIpc) is 3.76. The molecule has 0 spiro atoms. The highest BCUT2D eigenvalue weighted by Gasteiger charge is 2.61. The number of amides is 1. The van der Waals surface area contributed by atoms with Gasteiger partial charge in [0.05, 0.1) is 24.5 Å². The largest absolute Gasteiger partial charge is 0.462 e. The molecular weight excluding hydrogens is 634 g/mol. The molecule has 16 atom stereocenters. The Hall–Kier alpha value is -2.38. The van der Waals surface area contributed by atoms with E-state index in [4.69, 9.17) is 33.2 Å². The van der Waals surface area contributed by atoms with E-state index < -0.39 is 36.3 Å². The summed E-state index contributed by atoms with van der Waals surface area (Å²) in [7, 11) is 4.87. The predicted octanol–water partition coefficient (Wildman–Crippen LogP) is 3.53. The van der Waals surface area contributed by atoms with Crippen molar-refractivity contribution in [2.75, 3.05) is 21.3 Å². The minimum absolute atomic E-state index is 0.000965. The van der Waals surface area contributed by atoms with Gasteiger partial charge in [0.15, 0.2) is 12.1 Å². The molecule has 3 saturated heterocycles. The van der Waals surface area contributed by atoms with Crippen molar-refractivity contribution in [1.29, 1.82) is 0 Å². The van der Waals surface area contributed by atoms with Crippen LogP contribution in [0.3, 0.4) is 0 Å². The number of fused-ring (bicyclic) bond motifs is 8. The summed E-state index contributed by atoms with van der Waals surface area (Å²) in [6, 6.07) is -0.0868. The van der Waals surface area contributed by atoms with Crippen molar-refractivity contribution in [2.45, 2.75) is 134 Å². The van der Waals surface area contributed by atoms with Crippen molar-refractivity contribution in [3.05, 3.63) is 11.6 Å². The third-order valence-electron chi connectivity index (χ3n) is 12.6. The first-order valence-electron chi connectivity index (χ1n) is 18.3. The van der Waals surface area contributed by atoms with E-state index in [-0.39, 0.29) is 90.2 Å². The summed E-state index contributed by atoms with van der Waals surface area (Å²) in [6.45, 7) is 7.14. The minimum Gasteiger partial charge on any atom is -0.462 e. The molecule has 1 N–H and O–H groups in total. The molecule has 6 aliphatic rings. The topological polar surface area (TPSA) is 145 Å². The zero-order valence-corrected chi connectivity index (χ0v) is 30.0. The zero-order valence-electron chi connectivity index (χ0n) is 30.0. The number of Topliss-reactive ketones (excluding diaryl/α,β-unsaturated/α-hetero) is 1. The van der Waals surface area contributed by atoms with Crippen molar-refractivity contribution in [1.82, 2.24) is 5.32 Å². The Bertz CT molecular complexity index is 1290. The van der Waals surface area contributed by atoms with Gasteiger partial charge in [-0.2, -0.15) is 0 Å². The van der Waals surface area contributed by atoms with E-state index in [1.165, 1.54) is 6.92 Å². The van der Waals surface area contributed by atoms with Crippen LogP contribution < -0.4 is 5.32 Å². The number of nitrogens with one attached hydrogen (secondary N) is 1. The number of carbonyl (C=O) groups excluding carboxylic acids is 4. The van der Waals surface area contributed by atoms with Gasteiger partial charge in [0.2, 0.25) is 5.91 Å². The number of allylic oxidation sites excluding steroid dienone is 2. The number of cyclic esters (lactones) is 1. The Morgan fingerprint density at radius 1 is 0.939 bits per heavy atom. The fraction of sp³-hybridized carbons (Fsp3) is 0.838. The van der Waals surface area contributed by atoms with Gasteiger partial charge in [-0.25, -0.2) is 0 Å². The quantitative estimate of drug-likeness (QED) is 0.392. The number of methoxy groups -OCH3 is 3. The SMILES string of the molecule is CC[C@H]1CCC[C@H](OC(C)=O)[C@@H](C)C(=O)C2=C[C@H]3[C@@H]4C[C@H](O[C@@H]5OC(C)[C@H](OC)C(OC)[C@@H]5OC)C[C@H]4C4NC(=O)CC4[C@H]3[C@@H]2CC(=O)O1. The minimum atomic E-state index is -0.676. The molecular formula is C37H55NO11. The molecule has 4 unspecified atom stereocenters. The molecule has 1 amide bonds. The van der Waals surface area contributed by atoms with Crippen LogP contribution in [0.15, 0.2) is 11.6 Å². The molecule has 3 aliphatic heterocycles. The lowest BCUT2D eigenvalue weighted by atomic mass is 9.59. The van der Waals surface area contributed by atoms with Gasteiger partial charge in [0.1, 0.15) is 30.5 Å². The lowest BCUT2D eigenvalue weighted by Crippen LogP contribution is -2.59. The highest BCUT2D eigenvalue weighted by Crippen LogP contribution is 2.60. The Morgan fingerprint density at radius 2 is 1.65 bits per heavy atom. The summed E-state index contributed by atoms with van der Waals surface area (Å²) in [5.41, 5.74) is 0.616. The number of rotatable bonds is 7. The zero-order chi connectivity index (χ0) is 35.1. The summed E-state index contributed by atoms with van der Waals surface area (Å²) in [6.07, 6.45) is 3.30. The highest BCUT2D eigenvalue weighted by molar-refractivity contribution is 5.99. The van der Waals surface area contributed by atoms with E-state index in [0.29, 0.717) is 44.1 Å². The second kappa shape index (κ2) is 15.1. The van der Waals surface area contributed by atoms with Crippen molar-refractivity contribution >= 4 is 23.6 Å². The van der Waals surface area contributed by atoms with E-state index in [9.17, 15) is 19.2 Å². The molecule has 2 saturated carbocycles. The van der Waals surface area contributed by atoms with Crippen LogP contribution in [0.2, 0.25) is 0 Å². The first-order valence-corrected chi connectivity index (χ1v) is 18.3. The molecule has 6 rings (SSSR count). The number of hydrogen-bond donors (Lipinski definition) is 1. The fourth-order valence-corrected chi connectivity index (χ4v) is 10.4. The lowest BCUT2D eigenvalue weighted by molar-refractivity contribution is -0.314. The van der Waals surface area contributed by atoms with Crippen LogP contribution in [0.5, 0.6) is 0 Å². The van der Waals surface area contributed by atoms with E-state index >= 15 is 0 Å². The van der Waals surface area contributed by atoms with Crippen LogP contribution >= 0.6 is 0 Å². The average molecular weight is 690 g/mol. The number of esters is 2. The summed E-state index contributed by atoms with van der Waals surface area (Å²) < 4.78 is 42.0. The highest BCUT2D eigenvalue weighted by atomic mass is 16.7. The molecule has 0 radical (unpaired) electrons. The molecule has 3 heterocycles. The molecule has 5 fully saturated rings. The maximum atomic E-state index is 14.4. The van der Waals surface area contributed by atoms with Gasteiger partial charge >= 0.3 is 11.9 Å². The van der Waals surface area contributed by atoms with Gasteiger partial charge < -0.3 is 38.5 Å². The normalized spacial score (nSPS) is 45.4. The molecule has 274 valence electrons. The first-order chi connectivity index (χ1) is 23.5. The third kappa shape index (κ3) is 6.97. The van der Waals surface area contributed by atoms with Crippen molar-refractivity contribution in [3.63, 3.8) is 0 Å². The van der Waals surface area contributed by atoms with Gasteiger partial charge in [0.25, 0.3) is 0 Å². The molecule has 0 aromatic rings. The first kappa shape index (κ1) is 36.4. The maximum Gasteiger partial charge on any atom is 0.306 e. The van der Waals surface area contributed by atoms with Crippen LogP contribution in [-0.4, -0.2) is 100 Å². The van der Waals surface area contributed by atoms with Gasteiger partial charge in [-0.1, -0.05) is 19.9 Å². The van der Waals surface area contributed by atoms with Crippen LogP contribution in [0, 0.1) is 41.4 Å². The number of ether oxygens (including phenoxy) is 7. The molecule has 3 aliphatic carbocycles. The number of carbonyl (C=O) groups is 4. The van der Waals surface area contributed by atoms with Crippen molar-refractivity contribution in [2.24, 2.45) is 41.4 Å². The predicted molar refractivity (Wildman–Crippen MR) is 175 cm³/mol. The number of hydrogen-bond acceptors (Lipinski definition) is 11. The molecule has 0 aromatic carbocycles. The van der Waals surface area contributed by atoms with E-state index in [1.54, 1.807) is 21.3 Å². The van der Waals surface area contributed by atoms with Crippen LogP contribution in [0.1, 0.15) is 79.1 Å². The second-order valence-corrected chi connectivity index (χ2v) is 15.2. The summed E-state index contributed by atoms with van der Waals surface area (Å²) in [5, 5.41) is 3.29. The maximum absolute atomic E-state index is 14.4. The second-order valence-electron chi connectivity index (χ2n) is 15.2. The van der Waals surface area contributed by atoms with E-state index in [1.807, 2.05) is 20.8 Å². The monoisotopic (exact) mass is 689 g/mol. The van der Waals surface area contributed by atoms with Gasteiger partial charge in [0, 0.05) is 46.6 Å². The Kier molecular flexibility index (Phi) is 11.2. The fourth-order valence-electron chi connectivity index (χ4n) is 10.4. The van der Waals surface area contributed by atoms with Gasteiger partial charge in [-0.3, -0.25) is 19.2 Å². The van der Waals surface area contributed by atoms with Crippen molar-refractivity contribution < 1.29 is 52.3 Å². The van der Waals surface area contributed by atoms with Gasteiger partial charge in [-0.05, 0) is 80.6 Å². The Labute approximate surface area is 289 Å². The Morgan fingerprint density at radius 3 is 2.33 bits per heavy atom. The standard InChI is InChI=1S/C37H55NO11/c1-8-20-10-9-11-28(47-19(4)39)17(2)33(42)26-14-23-22-12-21(49-37-36(45-7)35(44-6)34(43-5)18(3)46-37)13-25(22)32-27(15-29(40)38-32)31(23)24(26)16-30(41)48-20/h14,17-18,20-25,27-28,31-32,34-37H,8-13,15-16H2,1-7H3,(H,38,40)/t17-,18?,20+,21+,22+,23+,24-,25-,27?,28+,31-,32?,34+,35?,36+,37+/m1/s1. The molecule has 12 heteroatoms. The van der Waals surface area contributed by atoms with E-state index in [2.05, 4.69) is 11.4 Å². The number of ketones is 1. The molecule has 49 heavy (non-hydrogen) atoms. The smallest absolute Gasteiger partial charge is 0.306 e. The Balaban J connectivity index is 1.31.